The van der Waals surface area contributed by atoms with E-state index in [-0.39, 0.29) is 24.0 Å². The van der Waals surface area contributed by atoms with E-state index in [0.717, 1.165) is 36.8 Å². The van der Waals surface area contributed by atoms with Crippen molar-refractivity contribution in [2.75, 3.05) is 52.1 Å². The lowest BCUT2D eigenvalue weighted by Crippen LogP contribution is -2.49. The van der Waals surface area contributed by atoms with Crippen LogP contribution in [0.25, 0.3) is 0 Å². The Labute approximate surface area is 157 Å². The van der Waals surface area contributed by atoms with Gasteiger partial charge in [-0.1, -0.05) is 13.8 Å². The Morgan fingerprint density at radius 3 is 2.77 bits per heavy atom. The highest BCUT2D eigenvalue weighted by molar-refractivity contribution is 14.0. The first-order valence-corrected chi connectivity index (χ1v) is 9.61. The van der Waals surface area contributed by atoms with Gasteiger partial charge in [0.15, 0.2) is 5.96 Å². The standard InChI is InChI=1S/C16H32N4S.HI/c1-4-7-19-8-6-14(12-19)11-18-16(17-3)20-9-10-21-15(5-2)13-20;/h14-15H,4-13H2,1-3H3,(H,17,18);1H. The molecule has 2 heterocycles. The van der Waals surface area contributed by atoms with Crippen molar-refractivity contribution in [3.8, 4) is 0 Å². The van der Waals surface area contributed by atoms with Gasteiger partial charge in [0, 0.05) is 44.2 Å². The summed E-state index contributed by atoms with van der Waals surface area (Å²) in [6, 6.07) is 0. The molecule has 0 aliphatic carbocycles. The Balaban J connectivity index is 0.00000242. The van der Waals surface area contributed by atoms with Crippen LogP contribution in [0, 0.1) is 5.92 Å². The Kier molecular flexibility index (Phi) is 10.1. The number of halogens is 1. The second-order valence-corrected chi connectivity index (χ2v) is 7.64. The molecule has 2 aliphatic rings. The molecule has 2 saturated heterocycles. The zero-order chi connectivity index (χ0) is 15.1. The molecule has 2 rings (SSSR count). The van der Waals surface area contributed by atoms with E-state index in [1.807, 2.05) is 7.05 Å². The summed E-state index contributed by atoms with van der Waals surface area (Å²) >= 11 is 2.11. The summed E-state index contributed by atoms with van der Waals surface area (Å²) in [5, 5.41) is 4.40. The van der Waals surface area contributed by atoms with Crippen LogP contribution >= 0.6 is 35.7 Å². The fourth-order valence-electron chi connectivity index (χ4n) is 3.33. The molecule has 0 aromatic carbocycles. The van der Waals surface area contributed by atoms with Crippen molar-refractivity contribution in [3.63, 3.8) is 0 Å². The van der Waals surface area contributed by atoms with Crippen molar-refractivity contribution in [3.05, 3.63) is 0 Å². The number of thioether (sulfide) groups is 1. The summed E-state index contributed by atoms with van der Waals surface area (Å²) in [7, 11) is 1.92. The highest BCUT2D eigenvalue weighted by Gasteiger charge is 2.24. The molecule has 6 heteroatoms. The van der Waals surface area contributed by atoms with E-state index < -0.39 is 0 Å². The van der Waals surface area contributed by atoms with Gasteiger partial charge in [0.05, 0.1) is 0 Å². The van der Waals surface area contributed by atoms with Gasteiger partial charge < -0.3 is 15.1 Å². The Morgan fingerprint density at radius 2 is 2.09 bits per heavy atom. The summed E-state index contributed by atoms with van der Waals surface area (Å²) in [6.07, 6.45) is 3.86. The fourth-order valence-corrected chi connectivity index (χ4v) is 4.51. The van der Waals surface area contributed by atoms with Gasteiger partial charge in [-0.15, -0.1) is 24.0 Å². The molecule has 0 aromatic heterocycles. The zero-order valence-electron chi connectivity index (χ0n) is 14.4. The van der Waals surface area contributed by atoms with Crippen LogP contribution in [0.3, 0.4) is 0 Å². The lowest BCUT2D eigenvalue weighted by molar-refractivity contribution is 0.323. The Morgan fingerprint density at radius 1 is 1.27 bits per heavy atom. The molecule has 0 aromatic rings. The highest BCUT2D eigenvalue weighted by atomic mass is 127. The van der Waals surface area contributed by atoms with Crippen molar-refractivity contribution in [1.82, 2.24) is 15.1 Å². The van der Waals surface area contributed by atoms with Crippen molar-refractivity contribution in [2.24, 2.45) is 10.9 Å². The molecular weight excluding hydrogens is 407 g/mol. The van der Waals surface area contributed by atoms with Crippen LogP contribution in [0.5, 0.6) is 0 Å². The first-order chi connectivity index (χ1) is 10.3. The van der Waals surface area contributed by atoms with Crippen LogP contribution in [0.2, 0.25) is 0 Å². The molecule has 0 amide bonds. The number of nitrogens with zero attached hydrogens (tertiary/aromatic N) is 3. The maximum absolute atomic E-state index is 4.51. The van der Waals surface area contributed by atoms with Crippen molar-refractivity contribution >= 4 is 41.7 Å². The van der Waals surface area contributed by atoms with Gasteiger partial charge in [-0.25, -0.2) is 0 Å². The second kappa shape index (κ2) is 11.0. The zero-order valence-corrected chi connectivity index (χ0v) is 17.5. The molecular formula is C16H33IN4S. The number of guanidine groups is 1. The SMILES string of the molecule is CCCN1CCC(CNC(=NC)N2CCSC(CC)C2)C1.I. The maximum atomic E-state index is 4.51. The summed E-state index contributed by atoms with van der Waals surface area (Å²) in [6.45, 7) is 11.7. The molecule has 0 spiro atoms. The van der Waals surface area contributed by atoms with Gasteiger partial charge in [0.2, 0.25) is 0 Å². The smallest absolute Gasteiger partial charge is 0.193 e. The van der Waals surface area contributed by atoms with Crippen LogP contribution in [-0.2, 0) is 0 Å². The predicted octanol–water partition coefficient (Wildman–Crippen LogP) is 2.74. The van der Waals surface area contributed by atoms with Crippen LogP contribution in [0.15, 0.2) is 4.99 Å². The average Bonchev–Trinajstić information content (AvgIpc) is 2.96. The largest absolute Gasteiger partial charge is 0.356 e. The first-order valence-electron chi connectivity index (χ1n) is 8.56. The number of likely N-dealkylation sites (tertiary alicyclic amines) is 1. The van der Waals surface area contributed by atoms with Crippen molar-refractivity contribution < 1.29 is 0 Å². The molecule has 2 unspecified atom stereocenters. The minimum Gasteiger partial charge on any atom is -0.356 e. The summed E-state index contributed by atoms with van der Waals surface area (Å²) in [5.41, 5.74) is 0. The van der Waals surface area contributed by atoms with Gasteiger partial charge >= 0.3 is 0 Å². The van der Waals surface area contributed by atoms with Crippen molar-refractivity contribution in [1.29, 1.82) is 0 Å². The van der Waals surface area contributed by atoms with Crippen LogP contribution in [0.4, 0.5) is 0 Å². The van der Waals surface area contributed by atoms with E-state index in [0.29, 0.717) is 0 Å². The molecule has 130 valence electrons. The maximum Gasteiger partial charge on any atom is 0.193 e. The van der Waals surface area contributed by atoms with Crippen LogP contribution < -0.4 is 5.32 Å². The molecule has 4 nitrogen and oxygen atoms in total. The molecule has 2 fully saturated rings. The molecule has 1 N–H and O–H groups in total. The minimum absolute atomic E-state index is 0. The minimum atomic E-state index is 0. The summed E-state index contributed by atoms with van der Waals surface area (Å²) in [5.74, 6) is 3.13. The number of hydrogen-bond acceptors (Lipinski definition) is 3. The molecule has 0 radical (unpaired) electrons. The Bertz CT molecular complexity index is 340. The fraction of sp³-hybridized carbons (Fsp3) is 0.938. The van der Waals surface area contributed by atoms with Gasteiger partial charge in [0.1, 0.15) is 0 Å². The van der Waals surface area contributed by atoms with Gasteiger partial charge in [0.25, 0.3) is 0 Å². The normalized spacial score (nSPS) is 26.9. The third-order valence-corrected chi connectivity index (χ3v) is 5.94. The Hall–Kier alpha value is 0.310. The number of rotatable bonds is 5. The van der Waals surface area contributed by atoms with Gasteiger partial charge in [-0.05, 0) is 38.3 Å². The molecule has 22 heavy (non-hydrogen) atoms. The first kappa shape index (κ1) is 20.4. The third-order valence-electron chi connectivity index (χ3n) is 4.56. The quantitative estimate of drug-likeness (QED) is 0.405. The molecule has 0 bridgehead atoms. The van der Waals surface area contributed by atoms with E-state index in [2.05, 4.69) is 45.7 Å². The molecule has 2 aliphatic heterocycles. The van der Waals surface area contributed by atoms with E-state index in [9.17, 15) is 0 Å². The number of aliphatic imine (C=N–C) groups is 1. The number of hydrogen-bond donors (Lipinski definition) is 1. The van der Waals surface area contributed by atoms with Gasteiger partial charge in [-0.2, -0.15) is 11.8 Å². The lowest BCUT2D eigenvalue weighted by atomic mass is 10.1. The van der Waals surface area contributed by atoms with Crippen LogP contribution in [-0.4, -0.2) is 73.1 Å². The van der Waals surface area contributed by atoms with Crippen molar-refractivity contribution in [2.45, 2.75) is 38.4 Å². The second-order valence-electron chi connectivity index (χ2n) is 6.23. The van der Waals surface area contributed by atoms with E-state index >= 15 is 0 Å². The number of nitrogens with one attached hydrogen (secondary N) is 1. The topological polar surface area (TPSA) is 30.9 Å². The van der Waals surface area contributed by atoms with E-state index in [1.165, 1.54) is 44.6 Å². The summed E-state index contributed by atoms with van der Waals surface area (Å²) < 4.78 is 0. The lowest BCUT2D eigenvalue weighted by Gasteiger charge is -2.34. The third kappa shape index (κ3) is 6.07. The molecule has 0 saturated carbocycles. The highest BCUT2D eigenvalue weighted by Crippen LogP contribution is 2.21. The van der Waals surface area contributed by atoms with Crippen LogP contribution in [0.1, 0.15) is 33.1 Å². The summed E-state index contributed by atoms with van der Waals surface area (Å²) in [4.78, 5) is 9.55. The van der Waals surface area contributed by atoms with E-state index in [4.69, 9.17) is 0 Å². The molecule has 2 atom stereocenters. The monoisotopic (exact) mass is 440 g/mol. The predicted molar refractivity (Wildman–Crippen MR) is 110 cm³/mol. The van der Waals surface area contributed by atoms with E-state index in [1.54, 1.807) is 0 Å². The van der Waals surface area contributed by atoms with Gasteiger partial charge in [-0.3, -0.25) is 4.99 Å². The average molecular weight is 440 g/mol.